The van der Waals surface area contributed by atoms with Gasteiger partial charge in [0.25, 0.3) is 0 Å². The molecule has 4 heterocycles. The van der Waals surface area contributed by atoms with Gasteiger partial charge in [-0.05, 0) is 73.9 Å². The maximum absolute atomic E-state index is 13.5. The number of imidazole rings is 2. The molecule has 0 radical (unpaired) electrons. The summed E-state index contributed by atoms with van der Waals surface area (Å²) in [6.45, 7) is 6.95. The lowest BCUT2D eigenvalue weighted by Gasteiger charge is -2.30. The van der Waals surface area contributed by atoms with Crippen LogP contribution in [0.15, 0.2) is 53.7 Å². The first-order valence-corrected chi connectivity index (χ1v) is 18.0. The molecule has 0 unspecified atom stereocenters. The molecular weight excluding hydrogens is 805 g/mol. The van der Waals surface area contributed by atoms with Gasteiger partial charge in [-0.2, -0.15) is 58.9 Å². The molecule has 0 bridgehead atoms. The van der Waals surface area contributed by atoms with Crippen LogP contribution in [0.1, 0.15) is 87.7 Å². The fraction of sp³-hybridized carbons (Fsp3) is 0.436. The molecule has 0 aliphatic carbocycles. The van der Waals surface area contributed by atoms with Crippen molar-refractivity contribution in [1.29, 1.82) is 0 Å². The summed E-state index contributed by atoms with van der Waals surface area (Å²) >= 11 is 0. The molecule has 57 heavy (non-hydrogen) atoms. The number of benzene rings is 2. The number of carbonyl (C=O) groups is 3. The molecule has 2 aromatic carbocycles. The number of hydrogen-bond donors (Lipinski definition) is 3. The minimum absolute atomic E-state index is 0. The smallest absolute Gasteiger partial charge is 0.407 e. The minimum Gasteiger partial charge on any atom is -0.453 e. The van der Waals surface area contributed by atoms with Gasteiger partial charge in [-0.3, -0.25) is 9.59 Å². The van der Waals surface area contributed by atoms with Crippen molar-refractivity contribution in [3.8, 4) is 23.1 Å². The van der Waals surface area contributed by atoms with Crippen LogP contribution in [0.4, 0.5) is 4.79 Å². The van der Waals surface area contributed by atoms with Crippen molar-refractivity contribution >= 4 is 89.3 Å². The number of nitrogens with one attached hydrogen (secondary N) is 3. The zero-order chi connectivity index (χ0) is 37.5. The normalized spacial score (nSPS) is 17.0. The van der Waals surface area contributed by atoms with Crippen LogP contribution >= 0.6 is 54.0 Å². The summed E-state index contributed by atoms with van der Waals surface area (Å²) in [7, 11) is 2.67. The Morgan fingerprint density at radius 1 is 0.912 bits per heavy atom. The van der Waals surface area contributed by atoms with E-state index in [0.717, 1.165) is 64.9 Å². The molecule has 6 rings (SSSR count). The minimum atomic E-state index is -0.687. The number of H-pyrrole nitrogens is 2. The van der Waals surface area contributed by atoms with Crippen LogP contribution < -0.4 is 5.32 Å². The summed E-state index contributed by atoms with van der Waals surface area (Å²) in [6, 6.07) is 12.2. The highest BCUT2D eigenvalue weighted by molar-refractivity contribution is 7.59. The zero-order valence-electron chi connectivity index (χ0n) is 32.7. The van der Waals surface area contributed by atoms with E-state index in [2.05, 4.69) is 42.0 Å². The third-order valence-corrected chi connectivity index (χ3v) is 9.79. The molecule has 310 valence electrons. The van der Waals surface area contributed by atoms with E-state index in [0.29, 0.717) is 25.3 Å². The monoisotopic (exact) mass is 858 g/mol. The number of aromatic nitrogens is 4. The van der Waals surface area contributed by atoms with E-state index in [1.54, 1.807) is 11.1 Å². The predicted molar refractivity (Wildman–Crippen MR) is 240 cm³/mol. The molecule has 2 aliphatic rings. The predicted octanol–water partition coefficient (Wildman–Crippen LogP) is 5.90. The van der Waals surface area contributed by atoms with Crippen LogP contribution in [0.2, 0.25) is 0 Å². The molecule has 3 amide bonds. The number of fused-ring (bicyclic) bond motifs is 1. The van der Waals surface area contributed by atoms with Crippen molar-refractivity contribution in [3.05, 3.63) is 71.4 Å². The van der Waals surface area contributed by atoms with Crippen LogP contribution in [-0.4, -0.2) is 93.4 Å². The fourth-order valence-electron chi connectivity index (χ4n) is 6.98. The Labute approximate surface area is 361 Å². The lowest BCUT2D eigenvalue weighted by molar-refractivity contribution is -0.188. The van der Waals surface area contributed by atoms with E-state index in [-0.39, 0.29) is 83.8 Å². The number of hydrogen-bond acceptors (Lipinski definition) is 9. The Hall–Kier alpha value is -4.28. The van der Waals surface area contributed by atoms with E-state index in [1.165, 1.54) is 20.6 Å². The van der Waals surface area contributed by atoms with E-state index in [4.69, 9.17) is 14.6 Å². The third kappa shape index (κ3) is 11.4. The second-order valence-electron chi connectivity index (χ2n) is 13.5. The quantitative estimate of drug-likeness (QED) is 0.0552. The Balaban J connectivity index is 0.00000280. The number of alkyl carbamates (subject to hydrolysis) is 1. The van der Waals surface area contributed by atoms with Gasteiger partial charge in [0, 0.05) is 24.2 Å². The molecule has 3 N–H and O–H groups in total. The molecule has 2 fully saturated rings. The topological polar surface area (TPSA) is 167 Å². The van der Waals surface area contributed by atoms with Crippen molar-refractivity contribution < 1.29 is 28.9 Å². The van der Waals surface area contributed by atoms with Gasteiger partial charge in [-0.25, -0.2) is 19.8 Å². The number of aromatic amines is 2. The Kier molecular flexibility index (Phi) is 19.4. The molecule has 4 aromatic rings. The van der Waals surface area contributed by atoms with Crippen molar-refractivity contribution in [2.24, 2.45) is 10.9 Å². The number of amides is 3. The first kappa shape index (κ1) is 48.9. The summed E-state index contributed by atoms with van der Waals surface area (Å²) < 4.78 is 4.74. The first-order chi connectivity index (χ1) is 25.7. The van der Waals surface area contributed by atoms with Crippen molar-refractivity contribution in [3.63, 3.8) is 0 Å². The van der Waals surface area contributed by atoms with Crippen LogP contribution in [0.5, 0.6) is 0 Å². The Morgan fingerprint density at radius 2 is 1.54 bits per heavy atom. The lowest BCUT2D eigenvalue weighted by atomic mass is 10.0. The highest BCUT2D eigenvalue weighted by Gasteiger charge is 2.38. The average Bonchev–Trinajstić information content (AvgIpc) is 4.00. The maximum Gasteiger partial charge on any atom is 0.407 e. The van der Waals surface area contributed by atoms with Gasteiger partial charge >= 0.3 is 6.09 Å². The molecule has 0 spiro atoms. The summed E-state index contributed by atoms with van der Waals surface area (Å²) in [4.78, 5) is 72.2. The van der Waals surface area contributed by atoms with Gasteiger partial charge in [0.15, 0.2) is 0 Å². The van der Waals surface area contributed by atoms with Crippen molar-refractivity contribution in [2.75, 3.05) is 27.3 Å². The van der Waals surface area contributed by atoms with Crippen LogP contribution in [0.25, 0.3) is 22.3 Å². The van der Waals surface area contributed by atoms with Crippen LogP contribution in [0, 0.1) is 17.8 Å². The highest BCUT2D eigenvalue weighted by atomic mass is 32.1. The van der Waals surface area contributed by atoms with E-state index in [1.807, 2.05) is 68.1 Å². The SMILES string of the molecule is CC[C@H](N=COOC)C(=O)N1CCC[C@H]1c1nc2ccc(C#Cc3ccc(-c4cnc([C@@H]5CCCN5C(=O)[C@@H](NC(=O)OC)C(C)C)[nH]4)cc3)cc2[nH]1.S.S.S.S. The molecular formula is C39H54N8O6S4. The standard InChI is InChI=1S/C39H46N8O6.4H2S/c1-6-28(41-23-53-52-5)37(48)46-19-8-10-33(46)36-42-29-18-15-26(21-30(29)43-36)12-11-25-13-16-27(17-14-25)31-22-40-35(44-31)32-9-7-20-47(32)38(49)34(24(2)3)45-39(50)51-4;;;;/h13-18,21-24,28,32-34H,6-10,19-20H2,1-5H3,(H,40,44)(H,42,43)(H,45,50);4*1H2/t28-,32-,33-,34-;;;;/m0..../s1. The summed E-state index contributed by atoms with van der Waals surface area (Å²) in [5.74, 6) is 7.68. The number of likely N-dealkylation sites (tertiary alicyclic amines) is 2. The summed E-state index contributed by atoms with van der Waals surface area (Å²) in [5.41, 5.74) is 5.15. The maximum atomic E-state index is 13.5. The van der Waals surface area contributed by atoms with Gasteiger partial charge in [0.2, 0.25) is 18.2 Å². The molecule has 2 aromatic heterocycles. The molecule has 2 aliphatic heterocycles. The van der Waals surface area contributed by atoms with Gasteiger partial charge in [-0.15, -0.1) is 0 Å². The van der Waals surface area contributed by atoms with Crippen LogP contribution in [0.3, 0.4) is 0 Å². The first-order valence-electron chi connectivity index (χ1n) is 18.0. The lowest BCUT2D eigenvalue weighted by Crippen LogP contribution is -2.51. The molecule has 18 heteroatoms. The third-order valence-electron chi connectivity index (χ3n) is 9.79. The molecule has 0 saturated carbocycles. The van der Waals surface area contributed by atoms with Gasteiger partial charge in [0.05, 0.1) is 49.2 Å². The zero-order valence-corrected chi connectivity index (χ0v) is 36.7. The van der Waals surface area contributed by atoms with E-state index >= 15 is 0 Å². The number of rotatable bonds is 11. The van der Waals surface area contributed by atoms with Gasteiger partial charge in [0.1, 0.15) is 23.7 Å². The second kappa shape index (κ2) is 22.6. The number of methoxy groups -OCH3 is 1. The summed E-state index contributed by atoms with van der Waals surface area (Å²) in [5, 5.41) is 2.69. The molecule has 14 nitrogen and oxygen atoms in total. The van der Waals surface area contributed by atoms with E-state index in [9.17, 15) is 14.4 Å². The number of aliphatic imine (C=N–C) groups is 1. The second-order valence-corrected chi connectivity index (χ2v) is 13.5. The Morgan fingerprint density at radius 3 is 2.18 bits per heavy atom. The average molecular weight is 859 g/mol. The Bertz CT molecular complexity index is 2030. The van der Waals surface area contributed by atoms with E-state index < -0.39 is 18.2 Å². The molecule has 4 atom stereocenters. The highest BCUT2D eigenvalue weighted by Crippen LogP contribution is 2.34. The number of nitrogens with zero attached hydrogens (tertiary/aromatic N) is 5. The largest absolute Gasteiger partial charge is 0.453 e. The fourth-order valence-corrected chi connectivity index (χ4v) is 6.98. The summed E-state index contributed by atoms with van der Waals surface area (Å²) in [6.07, 6.45) is 6.19. The van der Waals surface area contributed by atoms with Crippen molar-refractivity contribution in [2.45, 2.75) is 77.0 Å². The van der Waals surface area contributed by atoms with Crippen molar-refractivity contribution in [1.82, 2.24) is 35.1 Å². The van der Waals surface area contributed by atoms with Gasteiger partial charge < -0.3 is 34.7 Å². The number of carbonyl (C=O) groups excluding carboxylic acids is 3. The molecule has 2 saturated heterocycles. The number of ether oxygens (including phenoxy) is 1. The van der Waals surface area contributed by atoms with Crippen LogP contribution in [-0.2, 0) is 24.1 Å². The van der Waals surface area contributed by atoms with Gasteiger partial charge in [-0.1, -0.05) is 44.7 Å².